The third kappa shape index (κ3) is 3.87. The normalized spacial score (nSPS) is 13.1. The molecule has 1 aromatic carbocycles. The van der Waals surface area contributed by atoms with Gasteiger partial charge in [0.2, 0.25) is 0 Å². The molecule has 0 saturated heterocycles. The minimum atomic E-state index is -4.75. The Kier molecular flexibility index (Phi) is 4.80. The van der Waals surface area contributed by atoms with Gasteiger partial charge in [0, 0.05) is 18.8 Å². The van der Waals surface area contributed by atoms with Gasteiger partial charge in [-0.25, -0.2) is 0 Å². The second-order valence-electron chi connectivity index (χ2n) is 4.26. The number of nitrogens with zero attached hydrogens (tertiary/aromatic N) is 1. The maximum atomic E-state index is 12.7. The van der Waals surface area contributed by atoms with Crippen LogP contribution in [0.4, 0.5) is 18.9 Å². The van der Waals surface area contributed by atoms with Crippen LogP contribution >= 0.6 is 0 Å². The number of alkyl halides is 3. The Balaban J connectivity index is 2.99. The minimum absolute atomic E-state index is 0.310. The fourth-order valence-electron chi connectivity index (χ4n) is 1.86. The number of aliphatic carboxylic acids is 1. The number of para-hydroxylation sites is 1. The lowest BCUT2D eigenvalue weighted by Gasteiger charge is -2.28. The fraction of sp³-hybridized carbons (Fsp3) is 0.462. The van der Waals surface area contributed by atoms with Gasteiger partial charge in [-0.1, -0.05) is 18.2 Å². The van der Waals surface area contributed by atoms with Gasteiger partial charge in [0.15, 0.2) is 5.92 Å². The van der Waals surface area contributed by atoms with Crippen LogP contribution in [-0.2, 0) is 4.79 Å². The van der Waals surface area contributed by atoms with Gasteiger partial charge in [0.25, 0.3) is 0 Å². The molecule has 0 bridgehead atoms. The van der Waals surface area contributed by atoms with Crippen molar-refractivity contribution in [1.82, 2.24) is 0 Å². The topological polar surface area (TPSA) is 40.5 Å². The van der Waals surface area contributed by atoms with E-state index < -0.39 is 24.6 Å². The molecule has 1 N–H and O–H groups in total. The van der Waals surface area contributed by atoms with Crippen LogP contribution < -0.4 is 4.90 Å². The highest BCUT2D eigenvalue weighted by atomic mass is 19.4. The van der Waals surface area contributed by atoms with Crippen molar-refractivity contribution in [2.75, 3.05) is 18.0 Å². The van der Waals surface area contributed by atoms with E-state index in [-0.39, 0.29) is 0 Å². The maximum absolute atomic E-state index is 12.7. The van der Waals surface area contributed by atoms with Crippen LogP contribution in [0, 0.1) is 12.8 Å². The average Bonchev–Trinajstić information content (AvgIpc) is 2.29. The standard InChI is InChI=1S/C13H16F3NO2/c1-3-17(11-7-5-4-6-9(11)2)8-10(12(18)19)13(14,15)16/h4-7,10H,3,8H2,1-2H3,(H,18,19). The van der Waals surface area contributed by atoms with Gasteiger partial charge >= 0.3 is 12.1 Å². The van der Waals surface area contributed by atoms with Crippen molar-refractivity contribution < 1.29 is 23.1 Å². The highest BCUT2D eigenvalue weighted by Gasteiger charge is 2.45. The molecule has 0 heterocycles. The fourth-order valence-corrected chi connectivity index (χ4v) is 1.86. The lowest BCUT2D eigenvalue weighted by molar-refractivity contribution is -0.191. The predicted octanol–water partition coefficient (Wildman–Crippen LogP) is 3.08. The minimum Gasteiger partial charge on any atom is -0.481 e. The van der Waals surface area contributed by atoms with Crippen molar-refractivity contribution in [3.63, 3.8) is 0 Å². The Bertz CT molecular complexity index is 446. The van der Waals surface area contributed by atoms with Crippen LogP contribution in [0.2, 0.25) is 0 Å². The van der Waals surface area contributed by atoms with Crippen molar-refractivity contribution in [2.45, 2.75) is 20.0 Å². The molecule has 0 amide bonds. The van der Waals surface area contributed by atoms with Crippen LogP contribution in [0.1, 0.15) is 12.5 Å². The third-order valence-electron chi connectivity index (χ3n) is 2.93. The Hall–Kier alpha value is -1.72. The summed E-state index contributed by atoms with van der Waals surface area (Å²) in [6.07, 6.45) is -4.75. The van der Waals surface area contributed by atoms with Gasteiger partial charge in [0.05, 0.1) is 0 Å². The summed E-state index contributed by atoms with van der Waals surface area (Å²) in [4.78, 5) is 12.2. The van der Waals surface area contributed by atoms with Crippen molar-refractivity contribution in [3.8, 4) is 0 Å². The summed E-state index contributed by atoms with van der Waals surface area (Å²) >= 11 is 0. The van der Waals surface area contributed by atoms with E-state index in [9.17, 15) is 18.0 Å². The zero-order valence-corrected chi connectivity index (χ0v) is 10.7. The lowest BCUT2D eigenvalue weighted by Crippen LogP contribution is -2.41. The molecule has 0 spiro atoms. The molecule has 0 aliphatic carbocycles. The molecule has 1 unspecified atom stereocenters. The monoisotopic (exact) mass is 275 g/mol. The second-order valence-corrected chi connectivity index (χ2v) is 4.26. The third-order valence-corrected chi connectivity index (χ3v) is 2.93. The summed E-state index contributed by atoms with van der Waals surface area (Å²) in [5, 5.41) is 8.72. The van der Waals surface area contributed by atoms with Gasteiger partial charge in [0.1, 0.15) is 0 Å². The van der Waals surface area contributed by atoms with Gasteiger partial charge < -0.3 is 10.0 Å². The van der Waals surface area contributed by atoms with Gasteiger partial charge in [-0.2, -0.15) is 13.2 Å². The molecular formula is C13H16F3NO2. The number of rotatable bonds is 5. The molecule has 0 aromatic heterocycles. The van der Waals surface area contributed by atoms with Crippen molar-refractivity contribution in [3.05, 3.63) is 29.8 Å². The second kappa shape index (κ2) is 5.95. The first-order valence-corrected chi connectivity index (χ1v) is 5.87. The van der Waals surface area contributed by atoms with Gasteiger partial charge in [-0.15, -0.1) is 0 Å². The quantitative estimate of drug-likeness (QED) is 0.897. The van der Waals surface area contributed by atoms with Gasteiger partial charge in [-0.05, 0) is 25.5 Å². The first kappa shape index (κ1) is 15.3. The molecule has 0 radical (unpaired) electrons. The van der Waals surface area contributed by atoms with E-state index in [0.29, 0.717) is 12.2 Å². The lowest BCUT2D eigenvalue weighted by atomic mass is 10.1. The number of carboxylic acids is 1. The van der Waals surface area contributed by atoms with Crippen LogP contribution in [0.25, 0.3) is 0 Å². The Labute approximate surface area is 109 Å². The van der Waals surface area contributed by atoms with Crippen molar-refractivity contribution >= 4 is 11.7 Å². The van der Waals surface area contributed by atoms with E-state index in [2.05, 4.69) is 0 Å². The van der Waals surface area contributed by atoms with E-state index in [1.165, 1.54) is 4.90 Å². The maximum Gasteiger partial charge on any atom is 0.403 e. The van der Waals surface area contributed by atoms with Crippen LogP contribution in [0.5, 0.6) is 0 Å². The molecule has 0 fully saturated rings. The van der Waals surface area contributed by atoms with E-state index in [1.807, 2.05) is 0 Å². The summed E-state index contributed by atoms with van der Waals surface area (Å²) in [6.45, 7) is 3.20. The highest BCUT2D eigenvalue weighted by molar-refractivity contribution is 5.72. The van der Waals surface area contributed by atoms with E-state index in [0.717, 1.165) is 5.56 Å². The average molecular weight is 275 g/mol. The number of anilines is 1. The van der Waals surface area contributed by atoms with Crippen molar-refractivity contribution in [1.29, 1.82) is 0 Å². The molecule has 19 heavy (non-hydrogen) atoms. The summed E-state index contributed by atoms with van der Waals surface area (Å²) < 4.78 is 38.0. The molecule has 1 rings (SSSR count). The first-order chi connectivity index (χ1) is 8.77. The molecule has 106 valence electrons. The molecule has 0 aliphatic heterocycles. The first-order valence-electron chi connectivity index (χ1n) is 5.87. The summed E-state index contributed by atoms with van der Waals surface area (Å²) in [7, 11) is 0. The zero-order chi connectivity index (χ0) is 14.6. The Morgan fingerprint density at radius 1 is 1.37 bits per heavy atom. The molecular weight excluding hydrogens is 259 g/mol. The van der Waals surface area contributed by atoms with Crippen LogP contribution in [-0.4, -0.2) is 30.3 Å². The number of carboxylic acid groups (broad SMARTS) is 1. The SMILES string of the molecule is CCN(CC(C(=O)O)C(F)(F)F)c1ccccc1C. The van der Waals surface area contributed by atoms with Crippen LogP contribution in [0.3, 0.4) is 0 Å². The van der Waals surface area contributed by atoms with Gasteiger partial charge in [-0.3, -0.25) is 4.79 Å². The van der Waals surface area contributed by atoms with E-state index >= 15 is 0 Å². The summed E-state index contributed by atoms with van der Waals surface area (Å²) in [5.41, 5.74) is 1.44. The van der Waals surface area contributed by atoms with Crippen LogP contribution in [0.15, 0.2) is 24.3 Å². The Morgan fingerprint density at radius 3 is 2.37 bits per heavy atom. The highest BCUT2D eigenvalue weighted by Crippen LogP contribution is 2.29. The predicted molar refractivity (Wildman–Crippen MR) is 66.2 cm³/mol. The zero-order valence-electron chi connectivity index (χ0n) is 10.7. The number of benzene rings is 1. The smallest absolute Gasteiger partial charge is 0.403 e. The summed E-state index contributed by atoms with van der Waals surface area (Å²) in [6, 6.07) is 6.97. The number of hydrogen-bond donors (Lipinski definition) is 1. The Morgan fingerprint density at radius 2 is 1.95 bits per heavy atom. The van der Waals surface area contributed by atoms with E-state index in [4.69, 9.17) is 5.11 Å². The van der Waals surface area contributed by atoms with Crippen molar-refractivity contribution in [2.24, 2.45) is 5.92 Å². The van der Waals surface area contributed by atoms with E-state index in [1.54, 1.807) is 38.1 Å². The number of carbonyl (C=O) groups is 1. The molecule has 3 nitrogen and oxygen atoms in total. The molecule has 0 aliphatic rings. The molecule has 0 saturated carbocycles. The molecule has 6 heteroatoms. The molecule has 1 atom stereocenters. The number of aryl methyl sites for hydroxylation is 1. The number of halogens is 3. The molecule has 1 aromatic rings. The summed E-state index contributed by atoms with van der Waals surface area (Å²) in [5.74, 6) is -4.23. The largest absolute Gasteiger partial charge is 0.481 e. The number of hydrogen-bond acceptors (Lipinski definition) is 2.